The fourth-order valence-corrected chi connectivity index (χ4v) is 2.71. The Labute approximate surface area is 114 Å². The summed E-state index contributed by atoms with van der Waals surface area (Å²) in [5.41, 5.74) is 0.760. The number of aromatic nitrogens is 3. The van der Waals surface area contributed by atoms with E-state index in [-0.39, 0.29) is 5.69 Å². The van der Waals surface area contributed by atoms with Gasteiger partial charge in [0.2, 0.25) is 0 Å². The first-order chi connectivity index (χ1) is 8.79. The smallest absolute Gasteiger partial charge is 0.299 e. The highest BCUT2D eigenvalue weighted by Gasteiger charge is 2.01. The third-order valence-corrected chi connectivity index (χ3v) is 3.79. The summed E-state index contributed by atoms with van der Waals surface area (Å²) in [6, 6.07) is 1.77. The van der Waals surface area contributed by atoms with Gasteiger partial charge in [0.25, 0.3) is 0 Å². The van der Waals surface area contributed by atoms with Gasteiger partial charge < -0.3 is 0 Å². The summed E-state index contributed by atoms with van der Waals surface area (Å²) in [5.74, 6) is 0.474. The molecule has 0 N–H and O–H groups in total. The third kappa shape index (κ3) is 3.65. The van der Waals surface area contributed by atoms with Crippen LogP contribution in [-0.4, -0.2) is 14.5 Å². The summed E-state index contributed by atoms with van der Waals surface area (Å²) in [5, 5.41) is 3.11. The summed E-state index contributed by atoms with van der Waals surface area (Å²) in [4.78, 5) is 19.5. The van der Waals surface area contributed by atoms with Crippen LogP contribution in [-0.2, 0) is 18.8 Å². The zero-order valence-corrected chi connectivity index (χ0v) is 11.5. The molecule has 0 saturated carbocycles. The van der Waals surface area contributed by atoms with Crippen LogP contribution in [0, 0.1) is 0 Å². The Balaban J connectivity index is 1.76. The lowest BCUT2D eigenvalue weighted by Gasteiger charge is -2.02. The molecule has 0 aliphatic rings. The zero-order valence-electron chi connectivity index (χ0n) is 9.88. The quantitative estimate of drug-likeness (QED) is 0.604. The minimum absolute atomic E-state index is 0.184. The van der Waals surface area contributed by atoms with E-state index >= 15 is 0 Å². The van der Waals surface area contributed by atoms with Crippen LogP contribution in [0.15, 0.2) is 28.6 Å². The molecule has 0 saturated heterocycles. The van der Waals surface area contributed by atoms with Crippen LogP contribution in [0.5, 0.6) is 0 Å². The highest BCUT2D eigenvalue weighted by Crippen LogP contribution is 2.14. The summed E-state index contributed by atoms with van der Waals surface area (Å²) in [6.45, 7) is 0.709. The first-order valence-corrected chi connectivity index (χ1v) is 7.21. The van der Waals surface area contributed by atoms with E-state index in [0.29, 0.717) is 12.4 Å². The second-order valence-corrected chi connectivity index (χ2v) is 5.13. The summed E-state index contributed by atoms with van der Waals surface area (Å²) in [7, 11) is 0. The third-order valence-electron chi connectivity index (χ3n) is 2.56. The van der Waals surface area contributed by atoms with E-state index in [4.69, 9.17) is 11.6 Å². The van der Waals surface area contributed by atoms with Crippen LogP contribution in [0.3, 0.4) is 0 Å². The molecule has 0 aliphatic carbocycles. The molecule has 0 atom stereocenters. The Morgan fingerprint density at radius 1 is 1.39 bits per heavy atom. The Morgan fingerprint density at radius 2 is 2.28 bits per heavy atom. The molecule has 0 unspecified atom stereocenters. The van der Waals surface area contributed by atoms with Gasteiger partial charge in [-0.1, -0.05) is 0 Å². The minimum atomic E-state index is -0.184. The molecule has 0 amide bonds. The number of aryl methyl sites for hydroxylation is 2. The van der Waals surface area contributed by atoms with Crippen molar-refractivity contribution in [1.82, 2.24) is 14.5 Å². The first kappa shape index (κ1) is 13.2. The van der Waals surface area contributed by atoms with Crippen molar-refractivity contribution in [2.45, 2.75) is 31.7 Å². The number of nitrogens with zero attached hydrogens (tertiary/aromatic N) is 3. The monoisotopic (exact) mass is 283 g/mol. The molecule has 2 rings (SSSR count). The van der Waals surface area contributed by atoms with Gasteiger partial charge in [-0.3, -0.25) is 4.57 Å². The van der Waals surface area contributed by atoms with Crippen LogP contribution in [0.1, 0.15) is 23.5 Å². The van der Waals surface area contributed by atoms with Crippen molar-refractivity contribution in [3.63, 3.8) is 0 Å². The van der Waals surface area contributed by atoms with E-state index in [2.05, 4.69) is 9.97 Å². The van der Waals surface area contributed by atoms with Crippen molar-refractivity contribution in [1.29, 1.82) is 0 Å². The van der Waals surface area contributed by atoms with Crippen molar-refractivity contribution in [2.75, 3.05) is 0 Å². The molecule has 0 spiro atoms. The number of alkyl halides is 1. The number of hydrogen-bond donors (Lipinski definition) is 0. The van der Waals surface area contributed by atoms with Gasteiger partial charge >= 0.3 is 5.69 Å². The van der Waals surface area contributed by atoms with Gasteiger partial charge in [-0.05, 0) is 25.3 Å². The van der Waals surface area contributed by atoms with E-state index in [1.165, 1.54) is 6.20 Å². The van der Waals surface area contributed by atoms with Crippen LogP contribution in [0.25, 0.3) is 0 Å². The summed E-state index contributed by atoms with van der Waals surface area (Å²) < 4.78 is 1.63. The molecule has 0 aliphatic heterocycles. The predicted octanol–water partition coefficient (Wildman–Crippen LogP) is 2.46. The average Bonchev–Trinajstić information content (AvgIpc) is 2.84. The normalized spacial score (nSPS) is 10.7. The van der Waals surface area contributed by atoms with Crippen molar-refractivity contribution in [3.8, 4) is 0 Å². The van der Waals surface area contributed by atoms with E-state index < -0.39 is 0 Å². The average molecular weight is 284 g/mol. The number of unbranched alkanes of at least 4 members (excludes halogenated alkanes) is 1. The maximum atomic E-state index is 11.4. The SMILES string of the molecule is O=c1ncccn1CCCCc1nc(CCl)cs1. The minimum Gasteiger partial charge on any atom is -0.299 e. The lowest BCUT2D eigenvalue weighted by molar-refractivity contribution is 0.581. The van der Waals surface area contributed by atoms with Gasteiger partial charge in [-0.25, -0.2) is 14.8 Å². The number of hydrogen-bond acceptors (Lipinski definition) is 4. The van der Waals surface area contributed by atoms with E-state index in [0.717, 1.165) is 30.0 Å². The molecule has 96 valence electrons. The maximum absolute atomic E-state index is 11.4. The van der Waals surface area contributed by atoms with Gasteiger partial charge in [-0.15, -0.1) is 22.9 Å². The van der Waals surface area contributed by atoms with E-state index in [9.17, 15) is 4.79 Å². The highest BCUT2D eigenvalue weighted by atomic mass is 35.5. The largest absolute Gasteiger partial charge is 0.347 e. The van der Waals surface area contributed by atoms with Crippen LogP contribution < -0.4 is 5.69 Å². The zero-order chi connectivity index (χ0) is 12.8. The highest BCUT2D eigenvalue weighted by molar-refractivity contribution is 7.09. The van der Waals surface area contributed by atoms with Gasteiger partial charge in [-0.2, -0.15) is 0 Å². The van der Waals surface area contributed by atoms with Crippen molar-refractivity contribution in [2.24, 2.45) is 0 Å². The molecule has 2 aromatic rings. The van der Waals surface area contributed by atoms with Gasteiger partial charge in [0.15, 0.2) is 0 Å². The van der Waals surface area contributed by atoms with Gasteiger partial charge in [0, 0.05) is 24.3 Å². The van der Waals surface area contributed by atoms with Gasteiger partial charge in [0.1, 0.15) is 0 Å². The van der Waals surface area contributed by atoms with E-state index in [1.54, 1.807) is 28.2 Å². The predicted molar refractivity (Wildman–Crippen MR) is 73.1 cm³/mol. The molecule has 6 heteroatoms. The molecule has 4 nitrogen and oxygen atoms in total. The van der Waals surface area contributed by atoms with Crippen LogP contribution >= 0.6 is 22.9 Å². The maximum Gasteiger partial charge on any atom is 0.347 e. The molecular formula is C12H14ClN3OS. The standard InChI is InChI=1S/C12H14ClN3OS/c13-8-10-9-18-11(15-10)4-1-2-6-16-7-3-5-14-12(16)17/h3,5,7,9H,1-2,4,6,8H2. The van der Waals surface area contributed by atoms with Crippen molar-refractivity contribution >= 4 is 22.9 Å². The molecule has 18 heavy (non-hydrogen) atoms. The first-order valence-electron chi connectivity index (χ1n) is 5.80. The lowest BCUT2D eigenvalue weighted by Crippen LogP contribution is -2.21. The fourth-order valence-electron chi connectivity index (χ4n) is 1.64. The Hall–Kier alpha value is -1.20. The molecular weight excluding hydrogens is 270 g/mol. The van der Waals surface area contributed by atoms with Crippen LogP contribution in [0.4, 0.5) is 0 Å². The van der Waals surface area contributed by atoms with Gasteiger partial charge in [0.05, 0.1) is 16.6 Å². The second kappa shape index (κ2) is 6.66. The van der Waals surface area contributed by atoms with Crippen molar-refractivity contribution in [3.05, 3.63) is 45.0 Å². The molecule has 0 fully saturated rings. The molecule has 0 bridgehead atoms. The Bertz CT molecular complexity index is 552. The molecule has 0 radical (unpaired) electrons. The summed E-state index contributed by atoms with van der Waals surface area (Å²) in [6.07, 6.45) is 6.18. The topological polar surface area (TPSA) is 47.8 Å². The summed E-state index contributed by atoms with van der Waals surface area (Å²) >= 11 is 7.35. The number of thiazole rings is 1. The lowest BCUT2D eigenvalue weighted by atomic mass is 10.2. The number of halogens is 1. The molecule has 2 aromatic heterocycles. The fraction of sp³-hybridized carbons (Fsp3) is 0.417. The number of rotatable bonds is 6. The Kier molecular flexibility index (Phi) is 4.90. The van der Waals surface area contributed by atoms with Crippen molar-refractivity contribution < 1.29 is 0 Å². The van der Waals surface area contributed by atoms with E-state index in [1.807, 2.05) is 5.38 Å². The van der Waals surface area contributed by atoms with Crippen LogP contribution in [0.2, 0.25) is 0 Å². The molecule has 0 aromatic carbocycles. The second-order valence-electron chi connectivity index (χ2n) is 3.92. The molecule has 2 heterocycles. The Morgan fingerprint density at radius 3 is 3.00 bits per heavy atom.